The molecule has 0 bridgehead atoms. The first-order chi connectivity index (χ1) is 8.24. The van der Waals surface area contributed by atoms with E-state index in [0.29, 0.717) is 6.42 Å². The number of hydrogen-bond acceptors (Lipinski definition) is 1. The van der Waals surface area contributed by atoms with E-state index in [1.807, 2.05) is 12.1 Å². The topological polar surface area (TPSA) is 20.2 Å². The van der Waals surface area contributed by atoms with Gasteiger partial charge in [0, 0.05) is 4.47 Å². The van der Waals surface area contributed by atoms with Crippen LogP contribution in [0.5, 0.6) is 0 Å². The van der Waals surface area contributed by atoms with E-state index in [2.05, 4.69) is 46.3 Å². The van der Waals surface area contributed by atoms with E-state index in [1.165, 1.54) is 11.1 Å². The molecule has 0 radical (unpaired) electrons. The van der Waals surface area contributed by atoms with Gasteiger partial charge in [-0.1, -0.05) is 46.3 Å². The van der Waals surface area contributed by atoms with Crippen LogP contribution in [0.25, 0.3) is 0 Å². The van der Waals surface area contributed by atoms with Gasteiger partial charge < -0.3 is 5.11 Å². The Hall–Kier alpha value is -0.860. The third-order valence-corrected chi connectivity index (χ3v) is 3.40. The average Bonchev–Trinajstić information content (AvgIpc) is 2.30. The Morgan fingerprint density at radius 1 is 1.24 bits per heavy atom. The highest BCUT2D eigenvalue weighted by molar-refractivity contribution is 9.10. The molecule has 0 saturated heterocycles. The Morgan fingerprint density at radius 2 is 2.12 bits per heavy atom. The Morgan fingerprint density at radius 3 is 2.82 bits per heavy atom. The van der Waals surface area contributed by atoms with Crippen molar-refractivity contribution in [2.45, 2.75) is 31.8 Å². The lowest BCUT2D eigenvalue weighted by molar-refractivity contribution is 0.176. The third kappa shape index (κ3) is 4.14. The molecule has 90 valence electrons. The molecule has 1 aromatic carbocycles. The van der Waals surface area contributed by atoms with Gasteiger partial charge in [-0.25, -0.2) is 0 Å². The second-order valence-corrected chi connectivity index (χ2v) is 5.37. The van der Waals surface area contributed by atoms with Crippen molar-refractivity contribution in [3.8, 4) is 0 Å². The molecule has 0 heterocycles. The molecule has 2 rings (SSSR count). The van der Waals surface area contributed by atoms with Crippen molar-refractivity contribution in [2.75, 3.05) is 0 Å². The number of allylic oxidation sites excluding steroid dienone is 3. The van der Waals surface area contributed by atoms with E-state index < -0.39 is 0 Å². The minimum Gasteiger partial charge on any atom is -0.392 e. The minimum absolute atomic E-state index is 0.293. The molecule has 0 spiro atoms. The van der Waals surface area contributed by atoms with Gasteiger partial charge in [0.1, 0.15) is 0 Å². The van der Waals surface area contributed by atoms with E-state index in [1.54, 1.807) is 0 Å². The molecule has 0 amide bonds. The Labute approximate surface area is 111 Å². The number of aliphatic hydroxyl groups excluding tert-OH is 1. The zero-order valence-corrected chi connectivity index (χ0v) is 11.4. The van der Waals surface area contributed by atoms with Gasteiger partial charge in [-0.3, -0.25) is 0 Å². The van der Waals surface area contributed by atoms with Gasteiger partial charge in [0.15, 0.2) is 0 Å². The first kappa shape index (κ1) is 12.6. The van der Waals surface area contributed by atoms with Crippen LogP contribution in [0.15, 0.2) is 52.5 Å². The molecule has 1 aliphatic rings. The van der Waals surface area contributed by atoms with Crippen LogP contribution in [0.3, 0.4) is 0 Å². The standard InChI is InChI=1S/C15H17BrO/c16-14-8-4-7-13(9-14)11-15(17)10-12-5-2-1-3-6-12/h2,4-9,15,17H,1,3,10-11H2. The van der Waals surface area contributed by atoms with Gasteiger partial charge in [-0.15, -0.1) is 0 Å². The van der Waals surface area contributed by atoms with E-state index in [-0.39, 0.29) is 6.10 Å². The summed E-state index contributed by atoms with van der Waals surface area (Å²) < 4.78 is 1.07. The van der Waals surface area contributed by atoms with Crippen molar-refractivity contribution in [1.82, 2.24) is 0 Å². The second-order valence-electron chi connectivity index (χ2n) is 4.45. The number of aliphatic hydroxyl groups is 1. The van der Waals surface area contributed by atoms with Crippen LogP contribution in [0.4, 0.5) is 0 Å². The van der Waals surface area contributed by atoms with Gasteiger partial charge in [0.2, 0.25) is 0 Å². The van der Waals surface area contributed by atoms with Crippen LogP contribution in [-0.4, -0.2) is 11.2 Å². The molecule has 1 aliphatic carbocycles. The summed E-state index contributed by atoms with van der Waals surface area (Å²) in [6.45, 7) is 0. The maximum Gasteiger partial charge on any atom is 0.0620 e. The molecule has 1 N–H and O–H groups in total. The highest BCUT2D eigenvalue weighted by Crippen LogP contribution is 2.18. The summed E-state index contributed by atoms with van der Waals surface area (Å²) in [6, 6.07) is 8.13. The molecule has 1 aromatic rings. The zero-order chi connectivity index (χ0) is 12.1. The highest BCUT2D eigenvalue weighted by Gasteiger charge is 2.08. The maximum atomic E-state index is 10.1. The van der Waals surface area contributed by atoms with E-state index in [9.17, 15) is 5.11 Å². The normalized spacial score (nSPS) is 16.7. The van der Waals surface area contributed by atoms with Crippen molar-refractivity contribution in [3.05, 3.63) is 58.1 Å². The monoisotopic (exact) mass is 292 g/mol. The summed E-state index contributed by atoms with van der Waals surface area (Å²) in [7, 11) is 0. The van der Waals surface area contributed by atoms with E-state index >= 15 is 0 Å². The van der Waals surface area contributed by atoms with Crippen molar-refractivity contribution in [1.29, 1.82) is 0 Å². The predicted molar refractivity (Wildman–Crippen MR) is 74.9 cm³/mol. The Kier molecular flexibility index (Phi) is 4.57. The van der Waals surface area contributed by atoms with Crippen molar-refractivity contribution in [3.63, 3.8) is 0 Å². The smallest absolute Gasteiger partial charge is 0.0620 e. The van der Waals surface area contributed by atoms with Crippen LogP contribution in [-0.2, 0) is 6.42 Å². The van der Waals surface area contributed by atoms with Gasteiger partial charge in [-0.05, 0) is 49.0 Å². The van der Waals surface area contributed by atoms with E-state index in [4.69, 9.17) is 0 Å². The van der Waals surface area contributed by atoms with Gasteiger partial charge in [0.25, 0.3) is 0 Å². The molecule has 17 heavy (non-hydrogen) atoms. The number of benzene rings is 1. The molecule has 1 atom stereocenters. The molecule has 0 fully saturated rings. The molecular formula is C15H17BrO. The summed E-state index contributed by atoms with van der Waals surface area (Å²) in [5.41, 5.74) is 2.44. The van der Waals surface area contributed by atoms with Crippen LogP contribution < -0.4 is 0 Å². The highest BCUT2D eigenvalue weighted by atomic mass is 79.9. The zero-order valence-electron chi connectivity index (χ0n) is 9.77. The predicted octanol–water partition coefficient (Wildman–Crippen LogP) is 4.02. The molecular weight excluding hydrogens is 276 g/mol. The summed E-state index contributed by atoms with van der Waals surface area (Å²) in [5, 5.41) is 10.1. The van der Waals surface area contributed by atoms with E-state index in [0.717, 1.165) is 23.7 Å². The molecule has 0 aliphatic heterocycles. The number of rotatable bonds is 4. The molecule has 0 saturated carbocycles. The van der Waals surface area contributed by atoms with Crippen LogP contribution in [0.1, 0.15) is 24.8 Å². The van der Waals surface area contributed by atoms with Crippen molar-refractivity contribution < 1.29 is 5.11 Å². The van der Waals surface area contributed by atoms with Gasteiger partial charge in [-0.2, -0.15) is 0 Å². The van der Waals surface area contributed by atoms with Gasteiger partial charge in [0.05, 0.1) is 6.10 Å². The summed E-state index contributed by atoms with van der Waals surface area (Å²) in [4.78, 5) is 0. The quantitative estimate of drug-likeness (QED) is 0.889. The second kappa shape index (κ2) is 6.18. The average molecular weight is 293 g/mol. The largest absolute Gasteiger partial charge is 0.392 e. The van der Waals surface area contributed by atoms with Crippen LogP contribution >= 0.6 is 15.9 Å². The Balaban J connectivity index is 1.91. The fourth-order valence-corrected chi connectivity index (χ4v) is 2.55. The SMILES string of the molecule is OC(CC1=CCCC=C1)Cc1cccc(Br)c1. The first-order valence-electron chi connectivity index (χ1n) is 6.02. The number of halogens is 1. The fraction of sp³-hybridized carbons (Fsp3) is 0.333. The molecule has 1 nitrogen and oxygen atoms in total. The lowest BCUT2D eigenvalue weighted by atomic mass is 9.98. The molecule has 2 heteroatoms. The lowest BCUT2D eigenvalue weighted by Gasteiger charge is -2.13. The van der Waals surface area contributed by atoms with Crippen molar-refractivity contribution in [2.24, 2.45) is 0 Å². The first-order valence-corrected chi connectivity index (χ1v) is 6.81. The maximum absolute atomic E-state index is 10.1. The Bertz CT molecular complexity index is 434. The third-order valence-electron chi connectivity index (χ3n) is 2.90. The molecule has 1 unspecified atom stereocenters. The minimum atomic E-state index is -0.293. The van der Waals surface area contributed by atoms with Crippen LogP contribution in [0.2, 0.25) is 0 Å². The van der Waals surface area contributed by atoms with Crippen molar-refractivity contribution >= 4 is 15.9 Å². The number of hydrogen-bond donors (Lipinski definition) is 1. The lowest BCUT2D eigenvalue weighted by Crippen LogP contribution is -2.11. The molecule has 0 aromatic heterocycles. The van der Waals surface area contributed by atoms with Gasteiger partial charge >= 0.3 is 0 Å². The summed E-state index contributed by atoms with van der Waals surface area (Å²) in [5.74, 6) is 0. The summed E-state index contributed by atoms with van der Waals surface area (Å²) in [6.07, 6.45) is 9.95. The fourth-order valence-electron chi connectivity index (χ4n) is 2.10. The summed E-state index contributed by atoms with van der Waals surface area (Å²) >= 11 is 3.45. The van der Waals surface area contributed by atoms with Crippen LogP contribution in [0, 0.1) is 0 Å².